The van der Waals surface area contributed by atoms with E-state index >= 15 is 0 Å². The van der Waals surface area contributed by atoms with Crippen molar-refractivity contribution >= 4 is 21.6 Å². The predicted molar refractivity (Wildman–Crippen MR) is 116 cm³/mol. The summed E-state index contributed by atoms with van der Waals surface area (Å²) in [6.07, 6.45) is 3.72. The lowest BCUT2D eigenvalue weighted by atomic mass is 10.1. The van der Waals surface area contributed by atoms with E-state index in [9.17, 15) is 13.2 Å². The number of hydrogen-bond acceptors (Lipinski definition) is 4. The number of benzene rings is 2. The van der Waals surface area contributed by atoms with E-state index < -0.39 is 10.0 Å². The zero-order valence-corrected chi connectivity index (χ0v) is 18.3. The van der Waals surface area contributed by atoms with Crippen molar-refractivity contribution in [3.8, 4) is 5.75 Å². The number of hydrogen-bond donors (Lipinski definition) is 0. The standard InChI is InChI=1S/C23H28N2O4S/c1-17-14-20(30(27,28)24-12-6-3-7-13-24)10-11-22(17)29-16-23(26)25-18(2)15-19-8-4-5-9-21(19)25/h4-5,8-11,14,18H,3,6-7,12-13,15-16H2,1-2H3/t18-/m0/s1. The molecule has 0 saturated carbocycles. The number of ether oxygens (including phenoxy) is 1. The van der Waals surface area contributed by atoms with Crippen LogP contribution in [-0.2, 0) is 21.2 Å². The van der Waals surface area contributed by atoms with Gasteiger partial charge in [0, 0.05) is 24.8 Å². The van der Waals surface area contributed by atoms with Crippen molar-refractivity contribution < 1.29 is 17.9 Å². The fraction of sp³-hybridized carbons (Fsp3) is 0.435. The molecular weight excluding hydrogens is 400 g/mol. The molecule has 2 aliphatic rings. The monoisotopic (exact) mass is 428 g/mol. The largest absolute Gasteiger partial charge is 0.483 e. The van der Waals surface area contributed by atoms with Gasteiger partial charge in [-0.25, -0.2) is 8.42 Å². The first-order chi connectivity index (χ1) is 14.4. The summed E-state index contributed by atoms with van der Waals surface area (Å²) < 4.78 is 33.1. The quantitative estimate of drug-likeness (QED) is 0.731. The van der Waals surface area contributed by atoms with Gasteiger partial charge in [0.2, 0.25) is 10.0 Å². The SMILES string of the molecule is Cc1cc(S(=O)(=O)N2CCCCC2)ccc1OCC(=O)N1c2ccccc2C[C@@H]1C. The maximum absolute atomic E-state index is 12.9. The van der Waals surface area contributed by atoms with E-state index in [1.54, 1.807) is 27.4 Å². The first-order valence-corrected chi connectivity index (χ1v) is 12.0. The molecule has 2 aromatic rings. The molecule has 1 atom stereocenters. The van der Waals surface area contributed by atoms with Crippen molar-refractivity contribution in [3.63, 3.8) is 0 Å². The Morgan fingerprint density at radius 2 is 1.83 bits per heavy atom. The Kier molecular flexibility index (Phi) is 5.84. The van der Waals surface area contributed by atoms with Crippen molar-refractivity contribution in [3.05, 3.63) is 53.6 Å². The molecule has 1 amide bonds. The molecule has 2 heterocycles. The average Bonchev–Trinajstić information content (AvgIpc) is 3.09. The van der Waals surface area contributed by atoms with Gasteiger partial charge in [-0.05, 0) is 68.5 Å². The highest BCUT2D eigenvalue weighted by atomic mass is 32.2. The number of rotatable bonds is 5. The number of carbonyl (C=O) groups is 1. The van der Waals surface area contributed by atoms with Crippen LogP contribution in [-0.4, -0.2) is 44.4 Å². The predicted octanol–water partition coefficient (Wildman–Crippen LogP) is 3.53. The number of anilines is 1. The van der Waals surface area contributed by atoms with Crippen LogP contribution in [0.4, 0.5) is 5.69 Å². The third-order valence-electron chi connectivity index (χ3n) is 5.93. The summed E-state index contributed by atoms with van der Waals surface area (Å²) in [5.41, 5.74) is 2.82. The first-order valence-electron chi connectivity index (χ1n) is 10.5. The van der Waals surface area contributed by atoms with Gasteiger partial charge in [0.1, 0.15) is 5.75 Å². The minimum atomic E-state index is -3.48. The maximum atomic E-state index is 12.9. The van der Waals surface area contributed by atoms with Crippen molar-refractivity contribution in [1.29, 1.82) is 0 Å². The van der Waals surface area contributed by atoms with E-state index in [0.29, 0.717) is 24.4 Å². The zero-order valence-electron chi connectivity index (χ0n) is 17.5. The lowest BCUT2D eigenvalue weighted by Gasteiger charge is -2.26. The molecule has 2 aromatic carbocycles. The Hall–Kier alpha value is -2.38. The van der Waals surface area contributed by atoms with Crippen LogP contribution in [0.2, 0.25) is 0 Å². The first kappa shape index (κ1) is 20.9. The molecule has 6 nitrogen and oxygen atoms in total. The van der Waals surface area contributed by atoms with Crippen LogP contribution in [0.5, 0.6) is 5.75 Å². The van der Waals surface area contributed by atoms with Crippen LogP contribution in [0.25, 0.3) is 0 Å². The van der Waals surface area contributed by atoms with E-state index in [0.717, 1.165) is 31.4 Å². The van der Waals surface area contributed by atoms with E-state index in [-0.39, 0.29) is 23.5 Å². The molecule has 7 heteroatoms. The Morgan fingerprint density at radius 1 is 1.10 bits per heavy atom. The topological polar surface area (TPSA) is 66.9 Å². The number of nitrogens with zero attached hydrogens (tertiary/aromatic N) is 2. The van der Waals surface area contributed by atoms with Gasteiger partial charge in [0.25, 0.3) is 5.91 Å². The van der Waals surface area contributed by atoms with Crippen LogP contribution in [0.3, 0.4) is 0 Å². The molecular formula is C23H28N2O4S. The fourth-order valence-corrected chi connectivity index (χ4v) is 5.96. The maximum Gasteiger partial charge on any atom is 0.265 e. The number of fused-ring (bicyclic) bond motifs is 1. The van der Waals surface area contributed by atoms with E-state index in [4.69, 9.17) is 4.74 Å². The smallest absolute Gasteiger partial charge is 0.265 e. The molecule has 2 aliphatic heterocycles. The molecule has 1 fully saturated rings. The third kappa shape index (κ3) is 3.96. The van der Waals surface area contributed by atoms with Gasteiger partial charge in [-0.15, -0.1) is 0 Å². The van der Waals surface area contributed by atoms with E-state index in [1.165, 1.54) is 5.56 Å². The third-order valence-corrected chi connectivity index (χ3v) is 7.82. The van der Waals surface area contributed by atoms with Gasteiger partial charge >= 0.3 is 0 Å². The summed E-state index contributed by atoms with van der Waals surface area (Å²) in [5.74, 6) is 0.429. The number of para-hydroxylation sites is 1. The van der Waals surface area contributed by atoms with Crippen molar-refractivity contribution in [2.75, 3.05) is 24.6 Å². The molecule has 160 valence electrons. The van der Waals surface area contributed by atoms with E-state index in [1.807, 2.05) is 38.1 Å². The number of amides is 1. The molecule has 0 aliphatic carbocycles. The molecule has 0 spiro atoms. The van der Waals surface area contributed by atoms with Gasteiger partial charge in [-0.1, -0.05) is 24.6 Å². The second-order valence-electron chi connectivity index (χ2n) is 8.13. The highest BCUT2D eigenvalue weighted by molar-refractivity contribution is 7.89. The van der Waals surface area contributed by atoms with Crippen LogP contribution >= 0.6 is 0 Å². The molecule has 0 radical (unpaired) electrons. The summed E-state index contributed by atoms with van der Waals surface area (Å²) in [5, 5.41) is 0. The summed E-state index contributed by atoms with van der Waals surface area (Å²) >= 11 is 0. The molecule has 0 bridgehead atoms. The Bertz CT molecular complexity index is 1040. The number of piperidine rings is 1. The molecule has 0 N–H and O–H groups in total. The summed E-state index contributed by atoms with van der Waals surface area (Å²) in [7, 11) is -3.48. The van der Waals surface area contributed by atoms with Crippen molar-refractivity contribution in [2.45, 2.75) is 50.5 Å². The zero-order chi connectivity index (χ0) is 21.3. The van der Waals surface area contributed by atoms with Gasteiger partial charge in [-0.2, -0.15) is 4.31 Å². The lowest BCUT2D eigenvalue weighted by molar-refractivity contribution is -0.120. The summed E-state index contributed by atoms with van der Waals surface area (Å²) in [6, 6.07) is 12.9. The van der Waals surface area contributed by atoms with Crippen LogP contribution < -0.4 is 9.64 Å². The summed E-state index contributed by atoms with van der Waals surface area (Å²) in [4.78, 5) is 14.9. The molecule has 4 rings (SSSR count). The van der Waals surface area contributed by atoms with Gasteiger partial charge in [-0.3, -0.25) is 4.79 Å². The summed E-state index contributed by atoms with van der Waals surface area (Å²) in [6.45, 7) is 4.90. The van der Waals surface area contributed by atoms with Gasteiger partial charge in [0.15, 0.2) is 6.61 Å². The van der Waals surface area contributed by atoms with Gasteiger partial charge in [0.05, 0.1) is 4.90 Å². The highest BCUT2D eigenvalue weighted by Crippen LogP contribution is 2.32. The fourth-order valence-electron chi connectivity index (χ4n) is 4.35. The lowest BCUT2D eigenvalue weighted by Crippen LogP contribution is -2.39. The van der Waals surface area contributed by atoms with Crippen LogP contribution in [0.15, 0.2) is 47.4 Å². The van der Waals surface area contributed by atoms with Gasteiger partial charge < -0.3 is 9.64 Å². The molecule has 0 unspecified atom stereocenters. The Balaban J connectivity index is 1.45. The molecule has 1 saturated heterocycles. The second-order valence-corrected chi connectivity index (χ2v) is 10.1. The van der Waals surface area contributed by atoms with Crippen LogP contribution in [0, 0.1) is 6.92 Å². The van der Waals surface area contributed by atoms with E-state index in [2.05, 4.69) is 0 Å². The van der Waals surface area contributed by atoms with Crippen molar-refractivity contribution in [1.82, 2.24) is 4.31 Å². The molecule has 30 heavy (non-hydrogen) atoms. The number of carbonyl (C=O) groups excluding carboxylic acids is 1. The number of sulfonamides is 1. The molecule has 0 aromatic heterocycles. The average molecular weight is 429 g/mol. The van der Waals surface area contributed by atoms with Crippen LogP contribution in [0.1, 0.15) is 37.3 Å². The van der Waals surface area contributed by atoms with Crippen molar-refractivity contribution in [2.24, 2.45) is 0 Å². The second kappa shape index (κ2) is 8.40. The minimum Gasteiger partial charge on any atom is -0.483 e. The minimum absolute atomic E-state index is 0.0856. The Labute approximate surface area is 178 Å². The Morgan fingerprint density at radius 3 is 2.57 bits per heavy atom. The normalized spacial score (nSPS) is 19.5. The number of aryl methyl sites for hydroxylation is 1. The highest BCUT2D eigenvalue weighted by Gasteiger charge is 2.31.